The van der Waals surface area contributed by atoms with E-state index in [9.17, 15) is 0 Å². The Balaban J connectivity index is 1.44. The number of imidazole rings is 1. The van der Waals surface area contributed by atoms with E-state index < -0.39 is 0 Å². The van der Waals surface area contributed by atoms with Crippen molar-refractivity contribution in [2.75, 3.05) is 0 Å². The first-order valence-electron chi connectivity index (χ1n) is 12.3. The number of aromatic nitrogens is 2. The molecule has 0 aliphatic carbocycles. The molecule has 2 heteroatoms. The molecule has 2 heterocycles. The first-order chi connectivity index (χ1) is 14.7. The Labute approximate surface area is 183 Å². The van der Waals surface area contributed by atoms with Crippen molar-refractivity contribution in [2.24, 2.45) is 0 Å². The van der Waals surface area contributed by atoms with E-state index in [1.54, 1.807) is 0 Å². The van der Waals surface area contributed by atoms with E-state index in [1.807, 2.05) is 0 Å². The maximum atomic E-state index is 4.93. The third-order valence-electron chi connectivity index (χ3n) is 6.35. The van der Waals surface area contributed by atoms with Crippen molar-refractivity contribution in [1.82, 2.24) is 9.38 Å². The first kappa shape index (κ1) is 22.6. The minimum Gasteiger partial charge on any atom is -0.303 e. The SMILES string of the molecule is CCCCCCCCCCCCc1ccc(-c2cn3c(C)ccc(CC)c3n2)cc1. The summed E-state index contributed by atoms with van der Waals surface area (Å²) < 4.78 is 2.23. The lowest BCUT2D eigenvalue weighted by atomic mass is 10.0. The fraction of sp³-hybridized carbons (Fsp3) is 0.536. The second kappa shape index (κ2) is 11.9. The normalized spacial score (nSPS) is 11.4. The monoisotopic (exact) mass is 404 g/mol. The lowest BCUT2D eigenvalue weighted by Gasteiger charge is -2.04. The van der Waals surface area contributed by atoms with Gasteiger partial charge in [0.15, 0.2) is 0 Å². The molecule has 0 N–H and O–H groups in total. The van der Waals surface area contributed by atoms with Crippen LogP contribution < -0.4 is 0 Å². The van der Waals surface area contributed by atoms with Gasteiger partial charge in [0.25, 0.3) is 0 Å². The smallest absolute Gasteiger partial charge is 0.140 e. The number of rotatable bonds is 13. The molecule has 0 saturated heterocycles. The molecular formula is C28H40N2. The average Bonchev–Trinajstić information content (AvgIpc) is 3.22. The van der Waals surface area contributed by atoms with Gasteiger partial charge in [0.2, 0.25) is 0 Å². The zero-order chi connectivity index (χ0) is 21.2. The molecule has 0 amide bonds. The third kappa shape index (κ3) is 6.20. The van der Waals surface area contributed by atoms with E-state index in [0.29, 0.717) is 0 Å². The van der Waals surface area contributed by atoms with Crippen LogP contribution in [-0.4, -0.2) is 9.38 Å². The second-order valence-electron chi connectivity index (χ2n) is 8.80. The van der Waals surface area contributed by atoms with E-state index in [0.717, 1.165) is 17.8 Å². The van der Waals surface area contributed by atoms with Gasteiger partial charge in [-0.15, -0.1) is 0 Å². The predicted octanol–water partition coefficient (Wildman–Crippen LogP) is 8.34. The molecule has 0 atom stereocenters. The Morgan fingerprint density at radius 2 is 1.37 bits per heavy atom. The number of unbranched alkanes of at least 4 members (excludes halogenated alkanes) is 9. The zero-order valence-electron chi connectivity index (χ0n) is 19.4. The van der Waals surface area contributed by atoms with Gasteiger partial charge in [-0.05, 0) is 43.4 Å². The number of hydrogen-bond acceptors (Lipinski definition) is 1. The highest BCUT2D eigenvalue weighted by atomic mass is 15.0. The highest BCUT2D eigenvalue weighted by molar-refractivity contribution is 5.65. The molecule has 3 aromatic rings. The second-order valence-corrected chi connectivity index (χ2v) is 8.80. The van der Waals surface area contributed by atoms with Gasteiger partial charge < -0.3 is 4.40 Å². The summed E-state index contributed by atoms with van der Waals surface area (Å²) >= 11 is 0. The molecule has 0 aliphatic rings. The Hall–Kier alpha value is -2.09. The van der Waals surface area contributed by atoms with Crippen LogP contribution in [0.1, 0.15) is 94.9 Å². The summed E-state index contributed by atoms with van der Waals surface area (Å²) in [5.41, 5.74) is 7.38. The molecule has 0 fully saturated rings. The number of aryl methyl sites for hydroxylation is 3. The van der Waals surface area contributed by atoms with Crippen LogP contribution in [0, 0.1) is 6.92 Å². The Bertz CT molecular complexity index is 889. The molecule has 0 radical (unpaired) electrons. The number of fused-ring (bicyclic) bond motifs is 1. The van der Waals surface area contributed by atoms with Gasteiger partial charge in [0, 0.05) is 17.5 Å². The molecule has 3 rings (SSSR count). The van der Waals surface area contributed by atoms with Crippen molar-refractivity contribution in [3.63, 3.8) is 0 Å². The maximum absolute atomic E-state index is 4.93. The van der Waals surface area contributed by atoms with Gasteiger partial charge in [-0.2, -0.15) is 0 Å². The summed E-state index contributed by atoms with van der Waals surface area (Å²) in [7, 11) is 0. The van der Waals surface area contributed by atoms with Gasteiger partial charge in [0.05, 0.1) is 5.69 Å². The van der Waals surface area contributed by atoms with Crippen molar-refractivity contribution < 1.29 is 0 Å². The maximum Gasteiger partial charge on any atom is 0.140 e. The molecule has 0 spiro atoms. The Kier molecular flexibility index (Phi) is 8.99. The number of nitrogens with zero attached hydrogens (tertiary/aromatic N) is 2. The van der Waals surface area contributed by atoms with Crippen LogP contribution >= 0.6 is 0 Å². The largest absolute Gasteiger partial charge is 0.303 e. The minimum atomic E-state index is 1.01. The van der Waals surface area contributed by atoms with Crippen LogP contribution in [0.15, 0.2) is 42.6 Å². The summed E-state index contributed by atoms with van der Waals surface area (Å²) in [6.07, 6.45) is 18.4. The van der Waals surface area contributed by atoms with Crippen molar-refractivity contribution in [1.29, 1.82) is 0 Å². The summed E-state index contributed by atoms with van der Waals surface area (Å²) in [6, 6.07) is 13.5. The summed E-state index contributed by atoms with van der Waals surface area (Å²) in [4.78, 5) is 4.93. The molecule has 0 unspecified atom stereocenters. The van der Waals surface area contributed by atoms with Crippen LogP contribution in [0.25, 0.3) is 16.9 Å². The van der Waals surface area contributed by atoms with Crippen molar-refractivity contribution in [3.8, 4) is 11.3 Å². The van der Waals surface area contributed by atoms with Crippen molar-refractivity contribution in [2.45, 2.75) is 97.8 Å². The minimum absolute atomic E-state index is 1.01. The van der Waals surface area contributed by atoms with Crippen LogP contribution in [-0.2, 0) is 12.8 Å². The zero-order valence-corrected chi connectivity index (χ0v) is 19.4. The van der Waals surface area contributed by atoms with Crippen LogP contribution in [0.3, 0.4) is 0 Å². The quantitative estimate of drug-likeness (QED) is 0.262. The highest BCUT2D eigenvalue weighted by Crippen LogP contribution is 2.23. The number of hydrogen-bond donors (Lipinski definition) is 0. The molecule has 2 nitrogen and oxygen atoms in total. The fourth-order valence-electron chi connectivity index (χ4n) is 4.33. The molecule has 30 heavy (non-hydrogen) atoms. The Morgan fingerprint density at radius 1 is 0.733 bits per heavy atom. The van der Waals surface area contributed by atoms with E-state index >= 15 is 0 Å². The van der Waals surface area contributed by atoms with Crippen molar-refractivity contribution in [3.05, 3.63) is 59.4 Å². The summed E-state index contributed by atoms with van der Waals surface area (Å²) in [6.45, 7) is 6.63. The molecule has 2 aromatic heterocycles. The summed E-state index contributed by atoms with van der Waals surface area (Å²) in [5.74, 6) is 0. The Morgan fingerprint density at radius 3 is 2.00 bits per heavy atom. The topological polar surface area (TPSA) is 17.3 Å². The molecule has 0 aliphatic heterocycles. The molecular weight excluding hydrogens is 364 g/mol. The van der Waals surface area contributed by atoms with E-state index in [-0.39, 0.29) is 0 Å². The van der Waals surface area contributed by atoms with Crippen LogP contribution in [0.5, 0.6) is 0 Å². The molecule has 0 bridgehead atoms. The van der Waals surface area contributed by atoms with Gasteiger partial charge in [0.1, 0.15) is 5.65 Å². The summed E-state index contributed by atoms with van der Waals surface area (Å²) in [5, 5.41) is 0. The first-order valence-corrected chi connectivity index (χ1v) is 12.3. The number of pyridine rings is 1. The van der Waals surface area contributed by atoms with Gasteiger partial charge in [-0.25, -0.2) is 4.98 Å². The lowest BCUT2D eigenvalue weighted by molar-refractivity contribution is 0.556. The van der Waals surface area contributed by atoms with Gasteiger partial charge in [-0.1, -0.05) is 102 Å². The van der Waals surface area contributed by atoms with E-state index in [4.69, 9.17) is 4.98 Å². The lowest BCUT2D eigenvalue weighted by Crippen LogP contribution is -1.93. The molecule has 1 aromatic carbocycles. The van der Waals surface area contributed by atoms with Crippen LogP contribution in [0.4, 0.5) is 0 Å². The average molecular weight is 405 g/mol. The van der Waals surface area contributed by atoms with Crippen molar-refractivity contribution >= 4 is 5.65 Å². The fourth-order valence-corrected chi connectivity index (χ4v) is 4.33. The third-order valence-corrected chi connectivity index (χ3v) is 6.35. The van der Waals surface area contributed by atoms with Crippen LogP contribution in [0.2, 0.25) is 0 Å². The van der Waals surface area contributed by atoms with E-state index in [2.05, 4.69) is 67.8 Å². The molecule has 0 saturated carbocycles. The van der Waals surface area contributed by atoms with Gasteiger partial charge in [-0.3, -0.25) is 0 Å². The van der Waals surface area contributed by atoms with E-state index in [1.165, 1.54) is 93.0 Å². The standard InChI is InChI=1S/C28H40N2/c1-4-6-7-8-9-10-11-12-13-14-15-24-17-20-26(21-18-24)27-22-30-23(3)16-19-25(5-2)28(30)29-27/h16-22H,4-15H2,1-3H3. The predicted molar refractivity (Wildman–Crippen MR) is 130 cm³/mol. The molecule has 162 valence electrons. The van der Waals surface area contributed by atoms with Gasteiger partial charge >= 0.3 is 0 Å². The number of benzene rings is 1. The highest BCUT2D eigenvalue weighted by Gasteiger charge is 2.09.